The average Bonchev–Trinajstić information content (AvgIpc) is 2.78. The second kappa shape index (κ2) is 5.23. The molecule has 4 heteroatoms. The van der Waals surface area contributed by atoms with Crippen molar-refractivity contribution in [1.29, 1.82) is 0 Å². The largest absolute Gasteiger partial charge is 0.491 e. The third-order valence-electron chi connectivity index (χ3n) is 2.21. The zero-order chi connectivity index (χ0) is 12.3. The Morgan fingerprint density at radius 3 is 2.53 bits per heavy atom. The molecular weight excluding hydrogens is 238 g/mol. The van der Waals surface area contributed by atoms with Crippen LogP contribution in [0.1, 0.15) is 19.5 Å². The zero-order valence-electron chi connectivity index (χ0n) is 9.81. The maximum Gasteiger partial charge on any atom is 0.167 e. The van der Waals surface area contributed by atoms with Gasteiger partial charge in [-0.3, -0.25) is 0 Å². The molecule has 0 unspecified atom stereocenters. The highest BCUT2D eigenvalue weighted by Gasteiger charge is 2.06. The van der Waals surface area contributed by atoms with Gasteiger partial charge in [0.2, 0.25) is 0 Å². The molecule has 0 atom stereocenters. The van der Waals surface area contributed by atoms with E-state index in [0.29, 0.717) is 5.88 Å². The number of hydrogen-bond donors (Lipinski definition) is 0. The van der Waals surface area contributed by atoms with E-state index >= 15 is 0 Å². The van der Waals surface area contributed by atoms with Crippen molar-refractivity contribution >= 4 is 11.6 Å². The second-order valence-electron chi connectivity index (χ2n) is 4.01. The number of benzene rings is 1. The van der Waals surface area contributed by atoms with E-state index in [1.165, 1.54) is 0 Å². The smallest absolute Gasteiger partial charge is 0.167 e. The molecule has 3 nitrogen and oxygen atoms in total. The first-order chi connectivity index (χ1) is 8.19. The van der Waals surface area contributed by atoms with E-state index < -0.39 is 0 Å². The molecule has 0 aliphatic heterocycles. The summed E-state index contributed by atoms with van der Waals surface area (Å²) in [6.45, 7) is 3.99. The van der Waals surface area contributed by atoms with E-state index in [1.54, 1.807) is 0 Å². The first-order valence-corrected chi connectivity index (χ1v) is 6.01. The minimum Gasteiger partial charge on any atom is -0.491 e. The van der Waals surface area contributed by atoms with Gasteiger partial charge in [-0.05, 0) is 38.1 Å². The maximum absolute atomic E-state index is 5.67. The maximum atomic E-state index is 5.67. The number of aromatic nitrogens is 1. The lowest BCUT2D eigenvalue weighted by Gasteiger charge is -2.09. The lowest BCUT2D eigenvalue weighted by atomic mass is 10.1. The number of alkyl halides is 1. The van der Waals surface area contributed by atoms with Crippen molar-refractivity contribution in [3.63, 3.8) is 0 Å². The quantitative estimate of drug-likeness (QED) is 0.774. The molecule has 0 bridgehead atoms. The number of ether oxygens (including phenoxy) is 1. The van der Waals surface area contributed by atoms with Crippen LogP contribution in [0.15, 0.2) is 34.9 Å². The Hall–Kier alpha value is -1.48. The Morgan fingerprint density at radius 1 is 1.29 bits per heavy atom. The molecule has 0 aliphatic rings. The summed E-state index contributed by atoms with van der Waals surface area (Å²) in [6.07, 6.45) is 0.175. The van der Waals surface area contributed by atoms with Crippen molar-refractivity contribution in [3.05, 3.63) is 36.0 Å². The van der Waals surface area contributed by atoms with E-state index in [-0.39, 0.29) is 6.10 Å². The van der Waals surface area contributed by atoms with Gasteiger partial charge in [0.15, 0.2) is 5.76 Å². The average molecular weight is 252 g/mol. The molecule has 17 heavy (non-hydrogen) atoms. The van der Waals surface area contributed by atoms with E-state index in [4.69, 9.17) is 20.9 Å². The van der Waals surface area contributed by atoms with Crippen molar-refractivity contribution in [2.24, 2.45) is 0 Å². The predicted molar refractivity (Wildman–Crippen MR) is 67.3 cm³/mol. The van der Waals surface area contributed by atoms with Crippen molar-refractivity contribution in [1.82, 2.24) is 5.16 Å². The topological polar surface area (TPSA) is 35.3 Å². The monoisotopic (exact) mass is 251 g/mol. The highest BCUT2D eigenvalue weighted by Crippen LogP contribution is 2.24. The fourth-order valence-electron chi connectivity index (χ4n) is 1.48. The summed E-state index contributed by atoms with van der Waals surface area (Å²) in [5, 5.41) is 3.84. The van der Waals surface area contributed by atoms with Gasteiger partial charge in [0.1, 0.15) is 5.75 Å². The van der Waals surface area contributed by atoms with Crippen molar-refractivity contribution in [2.75, 3.05) is 0 Å². The van der Waals surface area contributed by atoms with Gasteiger partial charge >= 0.3 is 0 Å². The summed E-state index contributed by atoms with van der Waals surface area (Å²) in [5.74, 6) is 1.93. The molecule has 0 saturated heterocycles. The predicted octanol–water partition coefficient (Wildman–Crippen LogP) is 3.87. The van der Waals surface area contributed by atoms with Crippen LogP contribution >= 0.6 is 11.6 Å². The summed E-state index contributed by atoms with van der Waals surface area (Å²) in [6, 6.07) is 9.55. The van der Waals surface area contributed by atoms with Crippen LogP contribution in [0.4, 0.5) is 0 Å². The number of nitrogens with zero attached hydrogens (tertiary/aromatic N) is 1. The zero-order valence-corrected chi connectivity index (χ0v) is 10.6. The first-order valence-electron chi connectivity index (χ1n) is 5.47. The molecule has 0 saturated carbocycles. The molecule has 2 rings (SSSR count). The standard InChI is InChI=1S/C13H14ClNO2/c1-9(2)16-12-5-3-10(4-6-12)13-7-11(8-14)15-17-13/h3-7,9H,8H2,1-2H3. The Morgan fingerprint density at radius 2 is 2.00 bits per heavy atom. The Balaban J connectivity index is 2.17. The fraction of sp³-hybridized carbons (Fsp3) is 0.308. The van der Waals surface area contributed by atoms with Crippen LogP contribution in [0, 0.1) is 0 Å². The van der Waals surface area contributed by atoms with Gasteiger partial charge in [0, 0.05) is 11.6 Å². The van der Waals surface area contributed by atoms with Crippen LogP contribution in [-0.4, -0.2) is 11.3 Å². The molecule has 1 aromatic carbocycles. The van der Waals surface area contributed by atoms with Crippen LogP contribution in [0.5, 0.6) is 5.75 Å². The summed E-state index contributed by atoms with van der Waals surface area (Å²) >= 11 is 5.67. The second-order valence-corrected chi connectivity index (χ2v) is 4.27. The molecule has 0 spiro atoms. The van der Waals surface area contributed by atoms with Gasteiger partial charge in [-0.2, -0.15) is 0 Å². The van der Waals surface area contributed by atoms with Crippen LogP contribution < -0.4 is 4.74 Å². The van der Waals surface area contributed by atoms with E-state index in [9.17, 15) is 0 Å². The normalized spacial score (nSPS) is 10.8. The number of rotatable bonds is 4. The third kappa shape index (κ3) is 3.01. The SMILES string of the molecule is CC(C)Oc1ccc(-c2cc(CCl)no2)cc1. The van der Waals surface area contributed by atoms with Gasteiger partial charge in [-0.1, -0.05) is 5.16 Å². The molecule has 0 amide bonds. The molecule has 0 N–H and O–H groups in total. The van der Waals surface area contributed by atoms with Gasteiger partial charge in [0.25, 0.3) is 0 Å². The number of hydrogen-bond acceptors (Lipinski definition) is 3. The Kier molecular flexibility index (Phi) is 3.69. The minimum absolute atomic E-state index is 0.175. The molecule has 0 fully saturated rings. The molecular formula is C13H14ClNO2. The van der Waals surface area contributed by atoms with E-state index in [2.05, 4.69) is 5.16 Å². The van der Waals surface area contributed by atoms with Crippen LogP contribution in [-0.2, 0) is 5.88 Å². The van der Waals surface area contributed by atoms with Crippen molar-refractivity contribution < 1.29 is 9.26 Å². The first kappa shape index (κ1) is 12.0. The van der Waals surface area contributed by atoms with E-state index in [1.807, 2.05) is 44.2 Å². The summed E-state index contributed by atoms with van der Waals surface area (Å²) in [4.78, 5) is 0. The van der Waals surface area contributed by atoms with Crippen LogP contribution in [0.2, 0.25) is 0 Å². The van der Waals surface area contributed by atoms with Gasteiger partial charge in [-0.15, -0.1) is 11.6 Å². The summed E-state index contributed by atoms with van der Waals surface area (Å²) in [5.41, 5.74) is 1.70. The Labute approximate surface area is 105 Å². The van der Waals surface area contributed by atoms with Crippen molar-refractivity contribution in [2.45, 2.75) is 25.8 Å². The van der Waals surface area contributed by atoms with Crippen LogP contribution in [0.25, 0.3) is 11.3 Å². The molecule has 0 aliphatic carbocycles. The molecule has 90 valence electrons. The van der Waals surface area contributed by atoms with Gasteiger partial charge in [-0.25, -0.2) is 0 Å². The highest BCUT2D eigenvalue weighted by molar-refractivity contribution is 6.16. The molecule has 1 aromatic heterocycles. The van der Waals surface area contributed by atoms with Crippen molar-refractivity contribution in [3.8, 4) is 17.1 Å². The lowest BCUT2D eigenvalue weighted by molar-refractivity contribution is 0.242. The lowest BCUT2D eigenvalue weighted by Crippen LogP contribution is -2.05. The van der Waals surface area contributed by atoms with Crippen LogP contribution in [0.3, 0.4) is 0 Å². The molecule has 1 heterocycles. The molecule has 2 aromatic rings. The molecule has 0 radical (unpaired) electrons. The van der Waals surface area contributed by atoms with Gasteiger partial charge < -0.3 is 9.26 Å². The van der Waals surface area contributed by atoms with E-state index in [0.717, 1.165) is 22.8 Å². The number of halogens is 1. The third-order valence-corrected chi connectivity index (χ3v) is 2.48. The summed E-state index contributed by atoms with van der Waals surface area (Å²) in [7, 11) is 0. The minimum atomic E-state index is 0.175. The summed E-state index contributed by atoms with van der Waals surface area (Å²) < 4.78 is 10.8. The Bertz CT molecular complexity index is 476. The van der Waals surface area contributed by atoms with Gasteiger partial charge in [0.05, 0.1) is 17.7 Å². The highest BCUT2D eigenvalue weighted by atomic mass is 35.5. The fourth-order valence-corrected chi connectivity index (χ4v) is 1.61.